The van der Waals surface area contributed by atoms with Crippen molar-refractivity contribution in [1.82, 2.24) is 4.98 Å². The molecule has 1 N–H and O–H groups in total. The minimum absolute atomic E-state index is 0.107. The van der Waals surface area contributed by atoms with Gasteiger partial charge in [0.1, 0.15) is 11.0 Å². The number of hydrogen-bond donors (Lipinski definition) is 1. The summed E-state index contributed by atoms with van der Waals surface area (Å²) in [5.74, 6) is -0.874. The zero-order valence-electron chi connectivity index (χ0n) is 9.88. The van der Waals surface area contributed by atoms with E-state index in [1.165, 1.54) is 12.3 Å². The number of rotatable bonds is 2. The number of benzene rings is 1. The summed E-state index contributed by atoms with van der Waals surface area (Å²) in [4.78, 5) is 15.8. The molecule has 6 heteroatoms. The molecule has 0 spiro atoms. The summed E-state index contributed by atoms with van der Waals surface area (Å²) < 4.78 is 13.8. The Morgan fingerprint density at radius 1 is 1.47 bits per heavy atom. The molecule has 1 aromatic carbocycles. The second kappa shape index (κ2) is 5.67. The first-order valence-electron chi connectivity index (χ1n) is 5.36. The van der Waals surface area contributed by atoms with Gasteiger partial charge in [-0.15, -0.1) is 0 Å². The molecule has 1 aromatic heterocycles. The largest absolute Gasteiger partial charge is 0.322 e. The van der Waals surface area contributed by atoms with Crippen LogP contribution in [0.1, 0.15) is 15.9 Å². The Hall–Kier alpha value is -1.46. The molecule has 0 fully saturated rings. The van der Waals surface area contributed by atoms with Gasteiger partial charge in [-0.05, 0) is 52.7 Å². The molecule has 0 bridgehead atoms. The average molecular weight is 344 g/mol. The first kappa shape index (κ1) is 14.0. The third kappa shape index (κ3) is 3.11. The Morgan fingerprint density at radius 3 is 2.89 bits per heavy atom. The number of aryl methyl sites for hydroxylation is 1. The first-order chi connectivity index (χ1) is 8.99. The summed E-state index contributed by atoms with van der Waals surface area (Å²) in [5.41, 5.74) is 1.37. The maximum atomic E-state index is 13.5. The number of halogens is 3. The van der Waals surface area contributed by atoms with Crippen LogP contribution in [0.25, 0.3) is 0 Å². The minimum atomic E-state index is -0.446. The van der Waals surface area contributed by atoms with E-state index in [0.29, 0.717) is 10.2 Å². The maximum Gasteiger partial charge on any atom is 0.258 e. The highest BCUT2D eigenvalue weighted by Crippen LogP contribution is 2.24. The standard InChI is InChI=1S/C13H9BrClFN2O/c1-7-5-9(14)10(16)6-11(7)18-13(19)8-3-2-4-17-12(8)15/h2-6H,1H3,(H,18,19). The van der Waals surface area contributed by atoms with Crippen molar-refractivity contribution in [1.29, 1.82) is 0 Å². The minimum Gasteiger partial charge on any atom is -0.322 e. The van der Waals surface area contributed by atoms with Crippen molar-refractivity contribution < 1.29 is 9.18 Å². The predicted octanol–water partition coefficient (Wildman–Crippen LogP) is 4.20. The van der Waals surface area contributed by atoms with Crippen LogP contribution in [-0.2, 0) is 0 Å². The van der Waals surface area contributed by atoms with Crippen LogP contribution in [0.2, 0.25) is 5.15 Å². The van der Waals surface area contributed by atoms with Gasteiger partial charge in [-0.2, -0.15) is 0 Å². The molecular formula is C13H9BrClFN2O. The van der Waals surface area contributed by atoms with Crippen LogP contribution in [0.3, 0.4) is 0 Å². The van der Waals surface area contributed by atoms with Gasteiger partial charge in [-0.25, -0.2) is 9.37 Å². The smallest absolute Gasteiger partial charge is 0.258 e. The molecule has 1 amide bonds. The molecule has 2 aromatic rings. The fourth-order valence-corrected chi connectivity index (χ4v) is 2.19. The van der Waals surface area contributed by atoms with E-state index in [1.54, 1.807) is 25.1 Å². The lowest BCUT2D eigenvalue weighted by molar-refractivity contribution is 0.102. The van der Waals surface area contributed by atoms with Gasteiger partial charge in [0.05, 0.1) is 10.0 Å². The van der Waals surface area contributed by atoms with Gasteiger partial charge in [0.15, 0.2) is 0 Å². The molecule has 0 saturated carbocycles. The topological polar surface area (TPSA) is 42.0 Å². The SMILES string of the molecule is Cc1cc(Br)c(F)cc1NC(=O)c1cccnc1Cl. The van der Waals surface area contributed by atoms with Crippen LogP contribution in [0.15, 0.2) is 34.9 Å². The molecule has 19 heavy (non-hydrogen) atoms. The third-order valence-electron chi connectivity index (χ3n) is 2.52. The Kier molecular flexibility index (Phi) is 4.17. The molecule has 3 nitrogen and oxygen atoms in total. The third-order valence-corrected chi connectivity index (χ3v) is 3.43. The Balaban J connectivity index is 2.30. The molecule has 0 unspecified atom stereocenters. The highest BCUT2D eigenvalue weighted by atomic mass is 79.9. The van der Waals surface area contributed by atoms with E-state index in [2.05, 4.69) is 26.2 Å². The number of hydrogen-bond acceptors (Lipinski definition) is 2. The van der Waals surface area contributed by atoms with E-state index < -0.39 is 11.7 Å². The summed E-state index contributed by atoms with van der Waals surface area (Å²) in [6.45, 7) is 1.77. The van der Waals surface area contributed by atoms with Crippen LogP contribution in [-0.4, -0.2) is 10.9 Å². The Bertz CT molecular complexity index is 649. The molecule has 0 aliphatic heterocycles. The molecule has 0 saturated heterocycles. The van der Waals surface area contributed by atoms with Crippen molar-refractivity contribution >= 4 is 39.1 Å². The van der Waals surface area contributed by atoms with Crippen LogP contribution in [0.5, 0.6) is 0 Å². The van der Waals surface area contributed by atoms with Gasteiger partial charge in [0.25, 0.3) is 5.91 Å². The van der Waals surface area contributed by atoms with E-state index in [1.807, 2.05) is 0 Å². The van der Waals surface area contributed by atoms with E-state index >= 15 is 0 Å². The van der Waals surface area contributed by atoms with Crippen molar-refractivity contribution in [3.05, 3.63) is 57.0 Å². The lowest BCUT2D eigenvalue weighted by Gasteiger charge is -2.10. The number of anilines is 1. The second-order valence-electron chi connectivity index (χ2n) is 3.88. The van der Waals surface area contributed by atoms with Gasteiger partial charge in [0, 0.05) is 11.9 Å². The highest BCUT2D eigenvalue weighted by molar-refractivity contribution is 9.10. The van der Waals surface area contributed by atoms with Gasteiger partial charge in [0.2, 0.25) is 0 Å². The summed E-state index contributed by atoms with van der Waals surface area (Å²) in [6.07, 6.45) is 1.49. The number of aromatic nitrogens is 1. The number of carbonyl (C=O) groups excluding carboxylic acids is 1. The van der Waals surface area contributed by atoms with Gasteiger partial charge >= 0.3 is 0 Å². The zero-order valence-corrected chi connectivity index (χ0v) is 12.2. The van der Waals surface area contributed by atoms with Crippen LogP contribution < -0.4 is 5.32 Å². The first-order valence-corrected chi connectivity index (χ1v) is 6.53. The molecule has 98 valence electrons. The molecule has 1 heterocycles. The van der Waals surface area contributed by atoms with Crippen LogP contribution in [0, 0.1) is 12.7 Å². The van der Waals surface area contributed by atoms with E-state index in [0.717, 1.165) is 5.56 Å². The van der Waals surface area contributed by atoms with Gasteiger partial charge in [-0.3, -0.25) is 4.79 Å². The number of carbonyl (C=O) groups is 1. The summed E-state index contributed by atoms with van der Waals surface area (Å²) in [6, 6.07) is 6.00. The summed E-state index contributed by atoms with van der Waals surface area (Å²) in [5, 5.41) is 2.72. The van der Waals surface area contributed by atoms with Gasteiger partial charge in [-0.1, -0.05) is 11.6 Å². The van der Waals surface area contributed by atoms with Crippen molar-refractivity contribution in [2.75, 3.05) is 5.32 Å². The molecule has 2 rings (SSSR count). The van der Waals surface area contributed by atoms with Crippen LogP contribution >= 0.6 is 27.5 Å². The fourth-order valence-electron chi connectivity index (χ4n) is 1.53. The molecule has 0 radical (unpaired) electrons. The van der Waals surface area contributed by atoms with Crippen molar-refractivity contribution in [2.45, 2.75) is 6.92 Å². The summed E-state index contributed by atoms with van der Waals surface area (Å²) >= 11 is 8.91. The Labute approximate surface area is 122 Å². The summed E-state index contributed by atoms with van der Waals surface area (Å²) in [7, 11) is 0. The van der Waals surface area contributed by atoms with Crippen molar-refractivity contribution in [3.8, 4) is 0 Å². The lowest BCUT2D eigenvalue weighted by Crippen LogP contribution is -2.14. The quantitative estimate of drug-likeness (QED) is 0.831. The number of pyridine rings is 1. The molecular weight excluding hydrogens is 335 g/mol. The van der Waals surface area contributed by atoms with E-state index in [9.17, 15) is 9.18 Å². The predicted molar refractivity (Wildman–Crippen MR) is 76.0 cm³/mol. The normalized spacial score (nSPS) is 10.3. The molecule has 0 aliphatic rings. The fraction of sp³-hybridized carbons (Fsp3) is 0.0769. The number of nitrogens with one attached hydrogen (secondary N) is 1. The molecule has 0 aliphatic carbocycles. The molecule has 0 atom stereocenters. The van der Waals surface area contributed by atoms with Crippen molar-refractivity contribution in [3.63, 3.8) is 0 Å². The lowest BCUT2D eigenvalue weighted by atomic mass is 10.2. The number of nitrogens with zero attached hydrogens (tertiary/aromatic N) is 1. The monoisotopic (exact) mass is 342 g/mol. The Morgan fingerprint density at radius 2 is 2.21 bits per heavy atom. The second-order valence-corrected chi connectivity index (χ2v) is 5.09. The van der Waals surface area contributed by atoms with Gasteiger partial charge < -0.3 is 5.32 Å². The number of amides is 1. The maximum absolute atomic E-state index is 13.5. The van der Waals surface area contributed by atoms with E-state index in [4.69, 9.17) is 11.6 Å². The zero-order chi connectivity index (χ0) is 14.0. The van der Waals surface area contributed by atoms with Crippen molar-refractivity contribution in [2.24, 2.45) is 0 Å². The van der Waals surface area contributed by atoms with Crippen LogP contribution in [0.4, 0.5) is 10.1 Å². The average Bonchev–Trinajstić information content (AvgIpc) is 2.36. The highest BCUT2D eigenvalue weighted by Gasteiger charge is 2.13. The van der Waals surface area contributed by atoms with E-state index in [-0.39, 0.29) is 10.7 Å².